The van der Waals surface area contributed by atoms with E-state index >= 15 is 0 Å². The number of ether oxygens (including phenoxy) is 1. The number of hydrogen-bond donors (Lipinski definition) is 2. The second-order valence-electron chi connectivity index (χ2n) is 5.04. The van der Waals surface area contributed by atoms with Gasteiger partial charge in [0.2, 0.25) is 0 Å². The lowest BCUT2D eigenvalue weighted by Crippen LogP contribution is -2.02. The lowest BCUT2D eigenvalue weighted by atomic mass is 10.3. The molecule has 2 aromatic carbocycles. The van der Waals surface area contributed by atoms with Gasteiger partial charge < -0.3 is 15.5 Å². The molecule has 114 valence electrons. The van der Waals surface area contributed by atoms with E-state index in [1.54, 1.807) is 11.8 Å². The topological polar surface area (TPSA) is 94.6 Å². The number of benzene rings is 2. The maximum Gasteiger partial charge on any atom is 0.172 e. The predicted molar refractivity (Wildman–Crippen MR) is 87.4 cm³/mol. The first-order valence-corrected chi connectivity index (χ1v) is 7.07. The van der Waals surface area contributed by atoms with Crippen LogP contribution in [-0.2, 0) is 0 Å². The molecule has 0 amide bonds. The van der Waals surface area contributed by atoms with Gasteiger partial charge in [0.15, 0.2) is 17.3 Å². The van der Waals surface area contributed by atoms with Crippen LogP contribution < -0.4 is 10.5 Å². The summed E-state index contributed by atoms with van der Waals surface area (Å²) in [6.45, 7) is 0. The van der Waals surface area contributed by atoms with E-state index in [9.17, 15) is 0 Å². The summed E-state index contributed by atoms with van der Waals surface area (Å²) in [5, 5.41) is 8.30. The second kappa shape index (κ2) is 5.13. The highest BCUT2D eigenvalue weighted by Gasteiger charge is 2.16. The van der Waals surface area contributed by atoms with Gasteiger partial charge in [0.1, 0.15) is 5.75 Å². The van der Waals surface area contributed by atoms with Crippen molar-refractivity contribution in [2.75, 3.05) is 12.8 Å². The molecule has 2 aromatic heterocycles. The maximum absolute atomic E-state index is 6.22. The minimum atomic E-state index is 0.414. The Hall–Kier alpha value is -3.35. The largest absolute Gasteiger partial charge is 0.497 e. The van der Waals surface area contributed by atoms with Gasteiger partial charge in [-0.25, -0.2) is 4.98 Å². The number of nitrogens with two attached hydrogens (primary N) is 1. The molecular formula is C16H14N6O. The van der Waals surface area contributed by atoms with Crippen LogP contribution in [0.15, 0.2) is 48.5 Å². The van der Waals surface area contributed by atoms with Crippen LogP contribution in [0.2, 0.25) is 0 Å². The highest BCUT2D eigenvalue weighted by molar-refractivity contribution is 5.80. The van der Waals surface area contributed by atoms with Crippen LogP contribution in [0, 0.1) is 0 Å². The molecule has 23 heavy (non-hydrogen) atoms. The fourth-order valence-electron chi connectivity index (χ4n) is 2.46. The SMILES string of the molecule is COc1cccc(-n2nnc(-c3nc4ccccc4[nH]3)c2N)c1. The lowest BCUT2D eigenvalue weighted by Gasteiger charge is -2.05. The summed E-state index contributed by atoms with van der Waals surface area (Å²) in [7, 11) is 1.61. The molecule has 4 rings (SSSR count). The standard InChI is InChI=1S/C16H14N6O/c1-23-11-6-4-5-10(9-11)22-15(17)14(20-21-22)16-18-12-7-2-3-8-13(12)19-16/h2-9H,17H2,1H3,(H,18,19). The summed E-state index contributed by atoms with van der Waals surface area (Å²) < 4.78 is 6.79. The zero-order chi connectivity index (χ0) is 15.8. The molecule has 4 aromatic rings. The molecule has 0 atom stereocenters. The van der Waals surface area contributed by atoms with Crippen LogP contribution in [-0.4, -0.2) is 32.1 Å². The van der Waals surface area contributed by atoms with Crippen LogP contribution in [0.3, 0.4) is 0 Å². The molecule has 0 aliphatic rings. The van der Waals surface area contributed by atoms with Crippen molar-refractivity contribution in [3.63, 3.8) is 0 Å². The predicted octanol–water partition coefficient (Wildman–Crippen LogP) is 2.40. The molecule has 0 aliphatic heterocycles. The van der Waals surface area contributed by atoms with Crippen molar-refractivity contribution < 1.29 is 4.74 Å². The Balaban J connectivity index is 1.81. The van der Waals surface area contributed by atoms with Crippen molar-refractivity contribution in [2.24, 2.45) is 0 Å². The van der Waals surface area contributed by atoms with E-state index in [0.717, 1.165) is 22.5 Å². The Morgan fingerprint density at radius 3 is 2.83 bits per heavy atom. The highest BCUT2D eigenvalue weighted by atomic mass is 16.5. The van der Waals surface area contributed by atoms with Gasteiger partial charge in [0, 0.05) is 6.07 Å². The summed E-state index contributed by atoms with van der Waals surface area (Å²) in [5.41, 5.74) is 9.30. The number of para-hydroxylation sites is 2. The summed E-state index contributed by atoms with van der Waals surface area (Å²) in [4.78, 5) is 7.72. The summed E-state index contributed by atoms with van der Waals surface area (Å²) in [6.07, 6.45) is 0. The van der Waals surface area contributed by atoms with Gasteiger partial charge in [-0.1, -0.05) is 23.4 Å². The van der Waals surface area contributed by atoms with E-state index < -0.39 is 0 Å². The maximum atomic E-state index is 6.22. The third-order valence-corrected chi connectivity index (χ3v) is 3.62. The number of nitrogens with zero attached hydrogens (tertiary/aromatic N) is 4. The number of hydrogen-bond acceptors (Lipinski definition) is 5. The molecule has 0 radical (unpaired) electrons. The number of imidazole rings is 1. The monoisotopic (exact) mass is 306 g/mol. The van der Waals surface area contributed by atoms with Crippen molar-refractivity contribution in [3.8, 4) is 23.0 Å². The van der Waals surface area contributed by atoms with Crippen LogP contribution in [0.5, 0.6) is 5.75 Å². The molecule has 7 nitrogen and oxygen atoms in total. The van der Waals surface area contributed by atoms with Gasteiger partial charge in [0.25, 0.3) is 0 Å². The molecule has 0 saturated carbocycles. The van der Waals surface area contributed by atoms with Gasteiger partial charge in [-0.2, -0.15) is 4.68 Å². The Kier molecular flexibility index (Phi) is 2.97. The van der Waals surface area contributed by atoms with Crippen LogP contribution in [0.4, 0.5) is 5.82 Å². The van der Waals surface area contributed by atoms with Crippen LogP contribution >= 0.6 is 0 Å². The Morgan fingerprint density at radius 1 is 1.13 bits per heavy atom. The summed E-state index contributed by atoms with van der Waals surface area (Å²) in [5.74, 6) is 1.73. The average molecular weight is 306 g/mol. The van der Waals surface area contributed by atoms with Crippen molar-refractivity contribution in [1.82, 2.24) is 25.0 Å². The number of nitrogen functional groups attached to an aromatic ring is 1. The molecule has 0 saturated heterocycles. The molecule has 0 fully saturated rings. The van der Waals surface area contributed by atoms with Crippen molar-refractivity contribution in [2.45, 2.75) is 0 Å². The van der Waals surface area contributed by atoms with Gasteiger partial charge in [-0.05, 0) is 24.3 Å². The van der Waals surface area contributed by atoms with Gasteiger partial charge in [0.05, 0.1) is 23.8 Å². The van der Waals surface area contributed by atoms with E-state index in [1.807, 2.05) is 48.5 Å². The number of methoxy groups -OCH3 is 1. The summed E-state index contributed by atoms with van der Waals surface area (Å²) in [6, 6.07) is 15.2. The molecule has 0 spiro atoms. The quantitative estimate of drug-likeness (QED) is 0.606. The average Bonchev–Trinajstić information content (AvgIpc) is 3.18. The van der Waals surface area contributed by atoms with Gasteiger partial charge >= 0.3 is 0 Å². The minimum Gasteiger partial charge on any atom is -0.497 e. The second-order valence-corrected chi connectivity index (χ2v) is 5.04. The smallest absolute Gasteiger partial charge is 0.172 e. The third kappa shape index (κ3) is 2.18. The van der Waals surface area contributed by atoms with Crippen LogP contribution in [0.25, 0.3) is 28.2 Å². The van der Waals surface area contributed by atoms with Crippen molar-refractivity contribution >= 4 is 16.9 Å². The molecule has 7 heteroatoms. The van der Waals surface area contributed by atoms with E-state index in [4.69, 9.17) is 10.5 Å². The Labute approximate surface area is 131 Å². The van der Waals surface area contributed by atoms with Crippen molar-refractivity contribution in [1.29, 1.82) is 0 Å². The van der Waals surface area contributed by atoms with Gasteiger partial charge in [-0.3, -0.25) is 0 Å². The zero-order valence-electron chi connectivity index (χ0n) is 12.4. The van der Waals surface area contributed by atoms with E-state index in [0.29, 0.717) is 17.3 Å². The third-order valence-electron chi connectivity index (χ3n) is 3.62. The van der Waals surface area contributed by atoms with Crippen molar-refractivity contribution in [3.05, 3.63) is 48.5 Å². The first kappa shape index (κ1) is 13.3. The molecule has 0 aliphatic carbocycles. The summed E-state index contributed by atoms with van der Waals surface area (Å²) >= 11 is 0. The number of aromatic nitrogens is 5. The number of aromatic amines is 1. The first-order valence-electron chi connectivity index (χ1n) is 7.07. The molecule has 3 N–H and O–H groups in total. The van der Waals surface area contributed by atoms with Crippen LogP contribution in [0.1, 0.15) is 0 Å². The van der Waals surface area contributed by atoms with E-state index in [2.05, 4.69) is 20.3 Å². The molecular weight excluding hydrogens is 292 g/mol. The highest BCUT2D eigenvalue weighted by Crippen LogP contribution is 2.26. The fraction of sp³-hybridized carbons (Fsp3) is 0.0625. The molecule has 0 bridgehead atoms. The first-order chi connectivity index (χ1) is 11.3. The normalized spacial score (nSPS) is 11.0. The van der Waals surface area contributed by atoms with E-state index in [1.165, 1.54) is 0 Å². The minimum absolute atomic E-state index is 0.414. The number of anilines is 1. The molecule has 0 unspecified atom stereocenters. The molecule has 2 heterocycles. The fourth-order valence-corrected chi connectivity index (χ4v) is 2.46. The van der Waals surface area contributed by atoms with Gasteiger partial charge in [-0.15, -0.1) is 5.10 Å². The lowest BCUT2D eigenvalue weighted by molar-refractivity contribution is 0.414. The number of fused-ring (bicyclic) bond motifs is 1. The van der Waals surface area contributed by atoms with E-state index in [-0.39, 0.29) is 0 Å². The number of nitrogens with one attached hydrogen (secondary N) is 1. The Bertz CT molecular complexity index is 954. The number of rotatable bonds is 3. The number of H-pyrrole nitrogens is 1. The zero-order valence-corrected chi connectivity index (χ0v) is 12.4. The Morgan fingerprint density at radius 2 is 2.00 bits per heavy atom.